The van der Waals surface area contributed by atoms with Gasteiger partial charge in [-0.05, 0) is 43.5 Å². The van der Waals surface area contributed by atoms with Crippen molar-refractivity contribution in [1.29, 1.82) is 0 Å². The number of carbonyl (C=O) groups excluding carboxylic acids is 1. The Morgan fingerprint density at radius 3 is 2.74 bits per heavy atom. The molecule has 1 fully saturated rings. The highest BCUT2D eigenvalue weighted by molar-refractivity contribution is 5.99. The normalized spacial score (nSPS) is 15.3. The Labute approximate surface area is 113 Å². The van der Waals surface area contributed by atoms with Gasteiger partial charge in [0, 0.05) is 24.0 Å². The van der Waals surface area contributed by atoms with Gasteiger partial charge in [-0.3, -0.25) is 4.79 Å². The van der Waals surface area contributed by atoms with Gasteiger partial charge in [0.2, 0.25) is 0 Å². The number of hydrogen-bond acceptors (Lipinski definition) is 3. The number of pyridine rings is 1. The lowest BCUT2D eigenvalue weighted by molar-refractivity contribution is 0.0850. The number of rotatable bonds is 3. The summed E-state index contributed by atoms with van der Waals surface area (Å²) in [4.78, 5) is 16.8. The van der Waals surface area contributed by atoms with Crippen LogP contribution in [0.2, 0.25) is 0 Å². The van der Waals surface area contributed by atoms with Crippen molar-refractivity contribution in [3.8, 4) is 0 Å². The van der Waals surface area contributed by atoms with Gasteiger partial charge in [0.25, 0.3) is 0 Å². The van der Waals surface area contributed by atoms with Gasteiger partial charge in [0.1, 0.15) is 5.69 Å². The Kier molecular flexibility index (Phi) is 2.97. The first-order valence-corrected chi connectivity index (χ1v) is 6.82. The summed E-state index contributed by atoms with van der Waals surface area (Å²) in [5.74, 6) is 0.423. The molecule has 1 aromatic heterocycles. The molecule has 1 saturated carbocycles. The van der Waals surface area contributed by atoms with E-state index in [-0.39, 0.29) is 11.7 Å². The minimum atomic E-state index is 0.210. The number of benzene rings is 1. The van der Waals surface area contributed by atoms with Crippen LogP contribution in [0.25, 0.3) is 10.9 Å². The Morgan fingerprint density at radius 2 is 2.11 bits per heavy atom. The fraction of sp³-hybridized carbons (Fsp3) is 0.375. The monoisotopic (exact) mass is 254 g/mol. The lowest BCUT2D eigenvalue weighted by atomic mass is 9.81. The number of hydrogen-bond donors (Lipinski definition) is 1. The van der Waals surface area contributed by atoms with Crippen LogP contribution < -0.4 is 5.32 Å². The molecule has 0 atom stereocenters. The second-order valence-corrected chi connectivity index (χ2v) is 5.30. The Morgan fingerprint density at radius 1 is 1.32 bits per heavy atom. The van der Waals surface area contributed by atoms with E-state index in [0.717, 1.165) is 35.0 Å². The molecule has 0 saturated heterocycles. The number of carbonyl (C=O) groups is 1. The summed E-state index contributed by atoms with van der Waals surface area (Å²) in [5, 5.41) is 4.22. The van der Waals surface area contributed by atoms with Crippen LogP contribution in [0.3, 0.4) is 0 Å². The molecule has 3 rings (SSSR count). The summed E-state index contributed by atoms with van der Waals surface area (Å²) in [6, 6.07) is 7.99. The van der Waals surface area contributed by atoms with Gasteiger partial charge in [-0.2, -0.15) is 0 Å². The molecule has 0 spiro atoms. The third-order valence-corrected chi connectivity index (χ3v) is 4.00. The van der Waals surface area contributed by atoms with E-state index >= 15 is 0 Å². The number of anilines is 1. The Balaban J connectivity index is 2.05. The summed E-state index contributed by atoms with van der Waals surface area (Å²) in [5.41, 5.74) is 3.73. The van der Waals surface area contributed by atoms with Crippen LogP contribution in [-0.4, -0.2) is 17.8 Å². The predicted molar refractivity (Wildman–Crippen MR) is 77.7 cm³/mol. The molecule has 3 heteroatoms. The van der Waals surface area contributed by atoms with E-state index in [0.29, 0.717) is 5.69 Å². The lowest BCUT2D eigenvalue weighted by Crippen LogP contribution is -2.22. The first-order valence-electron chi connectivity index (χ1n) is 6.82. The van der Waals surface area contributed by atoms with Crippen molar-refractivity contribution < 1.29 is 4.79 Å². The zero-order valence-electron chi connectivity index (χ0n) is 11.4. The third kappa shape index (κ3) is 2.09. The zero-order chi connectivity index (χ0) is 13.4. The summed E-state index contributed by atoms with van der Waals surface area (Å²) in [6.45, 7) is 2.04. The van der Waals surface area contributed by atoms with E-state index in [4.69, 9.17) is 0 Å². The van der Waals surface area contributed by atoms with Crippen molar-refractivity contribution in [2.45, 2.75) is 26.2 Å². The molecule has 1 heterocycles. The van der Waals surface area contributed by atoms with Gasteiger partial charge < -0.3 is 5.32 Å². The number of fused-ring (bicyclic) bond motifs is 1. The van der Waals surface area contributed by atoms with Crippen LogP contribution in [0.1, 0.15) is 35.3 Å². The van der Waals surface area contributed by atoms with Crippen LogP contribution in [0.15, 0.2) is 24.3 Å². The van der Waals surface area contributed by atoms with Crippen molar-refractivity contribution in [2.24, 2.45) is 5.92 Å². The highest BCUT2D eigenvalue weighted by Crippen LogP contribution is 2.30. The summed E-state index contributed by atoms with van der Waals surface area (Å²) < 4.78 is 0. The fourth-order valence-electron chi connectivity index (χ4n) is 2.57. The molecular formula is C16H18N2O. The van der Waals surface area contributed by atoms with Gasteiger partial charge in [-0.15, -0.1) is 0 Å². The van der Waals surface area contributed by atoms with Gasteiger partial charge in [0.15, 0.2) is 5.78 Å². The molecule has 0 unspecified atom stereocenters. The maximum atomic E-state index is 12.2. The summed E-state index contributed by atoms with van der Waals surface area (Å²) in [7, 11) is 1.91. The lowest BCUT2D eigenvalue weighted by Gasteiger charge is -2.23. The van der Waals surface area contributed by atoms with E-state index in [2.05, 4.69) is 22.4 Å². The number of Topliss-reactive ketones (excluding diaryl/α,β-unsaturated/α-hetero) is 1. The molecule has 3 nitrogen and oxygen atoms in total. The Bertz CT molecular complexity index is 644. The highest BCUT2D eigenvalue weighted by atomic mass is 16.1. The molecule has 0 amide bonds. The molecule has 1 aliphatic rings. The van der Waals surface area contributed by atoms with Crippen molar-refractivity contribution in [1.82, 2.24) is 4.98 Å². The second-order valence-electron chi connectivity index (χ2n) is 5.30. The number of aryl methyl sites for hydroxylation is 1. The Hall–Kier alpha value is -1.90. The quantitative estimate of drug-likeness (QED) is 0.851. The molecule has 1 aromatic carbocycles. The van der Waals surface area contributed by atoms with Crippen molar-refractivity contribution >= 4 is 22.4 Å². The average molecular weight is 254 g/mol. The van der Waals surface area contributed by atoms with E-state index < -0.39 is 0 Å². The number of nitrogens with one attached hydrogen (secondary N) is 1. The number of aromatic nitrogens is 1. The fourth-order valence-corrected chi connectivity index (χ4v) is 2.57. The minimum absolute atomic E-state index is 0.210. The van der Waals surface area contributed by atoms with Crippen LogP contribution in [0.5, 0.6) is 0 Å². The van der Waals surface area contributed by atoms with Crippen molar-refractivity contribution in [2.75, 3.05) is 12.4 Å². The maximum Gasteiger partial charge on any atom is 0.184 e. The van der Waals surface area contributed by atoms with Gasteiger partial charge in [0.05, 0.1) is 5.52 Å². The maximum absolute atomic E-state index is 12.2. The smallest absolute Gasteiger partial charge is 0.184 e. The summed E-state index contributed by atoms with van der Waals surface area (Å²) in [6.07, 6.45) is 3.22. The molecule has 0 aliphatic heterocycles. The van der Waals surface area contributed by atoms with Crippen LogP contribution >= 0.6 is 0 Å². The molecule has 1 aliphatic carbocycles. The highest BCUT2D eigenvalue weighted by Gasteiger charge is 2.27. The number of ketones is 1. The molecule has 98 valence electrons. The van der Waals surface area contributed by atoms with Crippen LogP contribution in [0.4, 0.5) is 5.69 Å². The van der Waals surface area contributed by atoms with Gasteiger partial charge in [-0.1, -0.05) is 12.5 Å². The van der Waals surface area contributed by atoms with Crippen molar-refractivity contribution in [3.05, 3.63) is 35.5 Å². The molecule has 0 radical (unpaired) electrons. The summed E-state index contributed by atoms with van der Waals surface area (Å²) >= 11 is 0. The van der Waals surface area contributed by atoms with E-state index in [1.165, 1.54) is 6.42 Å². The molecule has 2 aromatic rings. The van der Waals surface area contributed by atoms with Crippen LogP contribution in [0, 0.1) is 12.8 Å². The second kappa shape index (κ2) is 4.65. The van der Waals surface area contributed by atoms with E-state index in [1.54, 1.807) is 0 Å². The zero-order valence-corrected chi connectivity index (χ0v) is 11.4. The topological polar surface area (TPSA) is 42.0 Å². The molecule has 0 bridgehead atoms. The van der Waals surface area contributed by atoms with E-state index in [1.807, 2.05) is 26.1 Å². The first kappa shape index (κ1) is 12.2. The molecule has 1 N–H and O–H groups in total. The van der Waals surface area contributed by atoms with Crippen LogP contribution in [-0.2, 0) is 0 Å². The minimum Gasteiger partial charge on any atom is -0.388 e. The SMILES string of the molecule is CNc1cc(C)c2nc(C(=O)C3CCC3)ccc2c1. The van der Waals surface area contributed by atoms with E-state index in [9.17, 15) is 4.79 Å². The van der Waals surface area contributed by atoms with Crippen molar-refractivity contribution in [3.63, 3.8) is 0 Å². The molecular weight excluding hydrogens is 236 g/mol. The largest absolute Gasteiger partial charge is 0.388 e. The average Bonchev–Trinajstić information content (AvgIpc) is 2.36. The third-order valence-electron chi connectivity index (χ3n) is 4.00. The van der Waals surface area contributed by atoms with Gasteiger partial charge in [-0.25, -0.2) is 4.98 Å². The first-order chi connectivity index (χ1) is 9.19. The molecule has 19 heavy (non-hydrogen) atoms. The van der Waals surface area contributed by atoms with Gasteiger partial charge >= 0.3 is 0 Å². The predicted octanol–water partition coefficient (Wildman–Crippen LogP) is 3.57. The number of nitrogens with zero attached hydrogens (tertiary/aromatic N) is 1. The standard InChI is InChI=1S/C16H18N2O/c1-10-8-13(17-2)9-12-6-7-14(18-15(10)12)16(19)11-4-3-5-11/h6-9,11,17H,3-5H2,1-2H3.